The van der Waals surface area contributed by atoms with Crippen LogP contribution in [0.3, 0.4) is 0 Å². The number of para-hydroxylation sites is 3. The van der Waals surface area contributed by atoms with Crippen molar-refractivity contribution < 1.29 is 0 Å². The van der Waals surface area contributed by atoms with Crippen LogP contribution in [0.25, 0.3) is 67.2 Å². The Morgan fingerprint density at radius 1 is 0.283 bits per heavy atom. The van der Waals surface area contributed by atoms with Crippen LogP contribution in [0, 0.1) is 0 Å². The number of rotatable bonds is 8. The zero-order valence-corrected chi connectivity index (χ0v) is 28.9. The summed E-state index contributed by atoms with van der Waals surface area (Å²) in [5, 5.41) is 2.45. The van der Waals surface area contributed by atoms with E-state index in [0.717, 1.165) is 44.9 Å². The fraction of sp³-hybridized carbons (Fsp3) is 0. The van der Waals surface area contributed by atoms with Crippen LogP contribution >= 0.6 is 0 Å². The van der Waals surface area contributed by atoms with Gasteiger partial charge in [0.15, 0.2) is 17.5 Å². The summed E-state index contributed by atoms with van der Waals surface area (Å²) < 4.78 is 0. The Kier molecular flexibility index (Phi) is 8.53. The highest BCUT2D eigenvalue weighted by Gasteiger charge is 2.20. The van der Waals surface area contributed by atoms with Gasteiger partial charge in [0.25, 0.3) is 0 Å². The van der Waals surface area contributed by atoms with E-state index in [1.807, 2.05) is 24.3 Å². The summed E-state index contributed by atoms with van der Waals surface area (Å²) in [6.45, 7) is 0. The van der Waals surface area contributed by atoms with Crippen LogP contribution in [0.15, 0.2) is 206 Å². The zero-order chi connectivity index (χ0) is 35.4. The molecule has 0 aliphatic heterocycles. The van der Waals surface area contributed by atoms with E-state index in [-0.39, 0.29) is 0 Å². The molecule has 0 N–H and O–H groups in total. The Morgan fingerprint density at radius 3 is 1.30 bits per heavy atom. The molecule has 0 fully saturated rings. The first-order valence-corrected chi connectivity index (χ1v) is 17.8. The monoisotopic (exact) mass is 678 g/mol. The van der Waals surface area contributed by atoms with Gasteiger partial charge in [-0.15, -0.1) is 0 Å². The van der Waals surface area contributed by atoms with E-state index in [0.29, 0.717) is 17.5 Å². The zero-order valence-electron chi connectivity index (χ0n) is 28.9. The third-order valence-corrected chi connectivity index (χ3v) is 9.53. The summed E-state index contributed by atoms with van der Waals surface area (Å²) in [6.07, 6.45) is 0. The van der Waals surface area contributed by atoms with Crippen molar-refractivity contribution in [1.29, 1.82) is 0 Å². The molecule has 0 atom stereocenters. The minimum atomic E-state index is 0.600. The number of aromatic nitrogens is 3. The average molecular weight is 679 g/mol. The quantitative estimate of drug-likeness (QED) is 0.160. The van der Waals surface area contributed by atoms with Crippen molar-refractivity contribution in [3.8, 4) is 56.4 Å². The Morgan fingerprint density at radius 2 is 0.698 bits per heavy atom. The number of hydrogen-bond donors (Lipinski definition) is 0. The number of benzene rings is 8. The van der Waals surface area contributed by atoms with Crippen molar-refractivity contribution in [2.45, 2.75) is 0 Å². The van der Waals surface area contributed by atoms with E-state index in [1.165, 1.54) is 21.9 Å². The van der Waals surface area contributed by atoms with Gasteiger partial charge in [-0.05, 0) is 75.5 Å². The van der Waals surface area contributed by atoms with Gasteiger partial charge in [-0.2, -0.15) is 0 Å². The van der Waals surface area contributed by atoms with Gasteiger partial charge in [-0.1, -0.05) is 164 Å². The van der Waals surface area contributed by atoms with Crippen LogP contribution in [0.2, 0.25) is 0 Å². The predicted molar refractivity (Wildman–Crippen MR) is 219 cm³/mol. The van der Waals surface area contributed by atoms with Gasteiger partial charge < -0.3 is 4.90 Å². The SMILES string of the molecule is c1ccc(-c2ccc(-c3nc(-c4ccc(-c5ccc6ccccc6c5)cc4)nc(-c4ccccc4N(c4ccccc4)c4ccccc4)n3)cc2)cc1. The fourth-order valence-electron chi connectivity index (χ4n) is 6.82. The summed E-state index contributed by atoms with van der Waals surface area (Å²) >= 11 is 0. The summed E-state index contributed by atoms with van der Waals surface area (Å²) in [7, 11) is 0. The second-order valence-electron chi connectivity index (χ2n) is 12.9. The molecule has 250 valence electrons. The molecule has 0 saturated heterocycles. The van der Waals surface area contributed by atoms with E-state index >= 15 is 0 Å². The Labute approximate surface area is 309 Å². The Bertz CT molecular complexity index is 2600. The Balaban J connectivity index is 1.18. The van der Waals surface area contributed by atoms with Crippen molar-refractivity contribution in [2.24, 2.45) is 0 Å². The van der Waals surface area contributed by atoms with Crippen LogP contribution in [0.4, 0.5) is 17.1 Å². The van der Waals surface area contributed by atoms with Gasteiger partial charge in [0, 0.05) is 28.1 Å². The molecular formula is C49H34N4. The van der Waals surface area contributed by atoms with Gasteiger partial charge in [0.1, 0.15) is 0 Å². The first kappa shape index (κ1) is 31.8. The van der Waals surface area contributed by atoms with Gasteiger partial charge in [0.2, 0.25) is 0 Å². The van der Waals surface area contributed by atoms with Gasteiger partial charge in [-0.3, -0.25) is 0 Å². The smallest absolute Gasteiger partial charge is 0.166 e. The Hall–Kier alpha value is -7.17. The van der Waals surface area contributed by atoms with E-state index in [4.69, 9.17) is 15.0 Å². The molecule has 0 amide bonds. The third kappa shape index (κ3) is 6.58. The molecule has 0 aliphatic rings. The molecule has 4 nitrogen and oxygen atoms in total. The first-order valence-electron chi connectivity index (χ1n) is 17.8. The van der Waals surface area contributed by atoms with Gasteiger partial charge in [-0.25, -0.2) is 15.0 Å². The molecule has 0 saturated carbocycles. The molecule has 9 aromatic rings. The van der Waals surface area contributed by atoms with Crippen molar-refractivity contribution in [3.05, 3.63) is 206 Å². The maximum Gasteiger partial charge on any atom is 0.166 e. The van der Waals surface area contributed by atoms with Crippen LogP contribution < -0.4 is 4.90 Å². The number of fused-ring (bicyclic) bond motifs is 1. The lowest BCUT2D eigenvalue weighted by atomic mass is 10.00. The van der Waals surface area contributed by atoms with Gasteiger partial charge >= 0.3 is 0 Å². The van der Waals surface area contributed by atoms with Crippen LogP contribution in [0.1, 0.15) is 0 Å². The van der Waals surface area contributed by atoms with E-state index in [2.05, 4.69) is 187 Å². The third-order valence-electron chi connectivity index (χ3n) is 9.53. The van der Waals surface area contributed by atoms with Crippen molar-refractivity contribution in [1.82, 2.24) is 15.0 Å². The highest BCUT2D eigenvalue weighted by molar-refractivity contribution is 5.88. The lowest BCUT2D eigenvalue weighted by Crippen LogP contribution is -2.12. The maximum absolute atomic E-state index is 5.19. The second-order valence-corrected chi connectivity index (χ2v) is 12.9. The van der Waals surface area contributed by atoms with Crippen molar-refractivity contribution in [2.75, 3.05) is 4.90 Å². The number of hydrogen-bond acceptors (Lipinski definition) is 4. The highest BCUT2D eigenvalue weighted by Crippen LogP contribution is 2.40. The largest absolute Gasteiger partial charge is 0.310 e. The molecule has 53 heavy (non-hydrogen) atoms. The fourth-order valence-corrected chi connectivity index (χ4v) is 6.82. The molecule has 1 heterocycles. The van der Waals surface area contributed by atoms with Crippen LogP contribution in [-0.2, 0) is 0 Å². The minimum Gasteiger partial charge on any atom is -0.310 e. The first-order chi connectivity index (χ1) is 26.3. The standard InChI is InChI=1S/C49H34N4/c1-4-14-35(15-5-1)37-24-29-39(30-25-37)47-50-48(40-31-26-38(27-32-40)42-33-28-36-16-10-11-17-41(36)34-42)52-49(51-47)45-22-12-13-23-46(45)53(43-18-6-2-7-19-43)44-20-8-3-9-21-44/h1-34H. The van der Waals surface area contributed by atoms with Crippen LogP contribution in [-0.4, -0.2) is 15.0 Å². The van der Waals surface area contributed by atoms with E-state index in [9.17, 15) is 0 Å². The molecule has 9 rings (SSSR count). The summed E-state index contributed by atoms with van der Waals surface area (Å²) in [4.78, 5) is 17.7. The molecule has 0 unspecified atom stereocenters. The maximum atomic E-state index is 5.19. The lowest BCUT2D eigenvalue weighted by Gasteiger charge is -2.27. The van der Waals surface area contributed by atoms with Gasteiger partial charge in [0.05, 0.1) is 5.69 Å². The van der Waals surface area contributed by atoms with E-state index in [1.54, 1.807) is 0 Å². The number of anilines is 3. The molecule has 0 radical (unpaired) electrons. The second kappa shape index (κ2) is 14.2. The van der Waals surface area contributed by atoms with Crippen molar-refractivity contribution >= 4 is 27.8 Å². The predicted octanol–water partition coefficient (Wildman–Crippen LogP) is 12.8. The molecular weight excluding hydrogens is 645 g/mol. The highest BCUT2D eigenvalue weighted by atomic mass is 15.1. The van der Waals surface area contributed by atoms with E-state index < -0.39 is 0 Å². The van der Waals surface area contributed by atoms with Crippen LogP contribution in [0.5, 0.6) is 0 Å². The molecule has 0 aliphatic carbocycles. The molecule has 1 aromatic heterocycles. The molecule has 8 aromatic carbocycles. The average Bonchev–Trinajstić information content (AvgIpc) is 3.25. The number of nitrogens with zero attached hydrogens (tertiary/aromatic N) is 4. The molecule has 0 spiro atoms. The topological polar surface area (TPSA) is 41.9 Å². The van der Waals surface area contributed by atoms with Crippen molar-refractivity contribution in [3.63, 3.8) is 0 Å². The molecule has 4 heteroatoms. The molecule has 0 bridgehead atoms. The normalized spacial score (nSPS) is 11.0. The lowest BCUT2D eigenvalue weighted by molar-refractivity contribution is 1.07. The summed E-state index contributed by atoms with van der Waals surface area (Å²) in [5.74, 6) is 1.83. The summed E-state index contributed by atoms with van der Waals surface area (Å²) in [6, 6.07) is 71.6. The minimum absolute atomic E-state index is 0.600. The summed E-state index contributed by atoms with van der Waals surface area (Å²) in [5.41, 5.74) is 10.4.